The molecule has 3 rings (SSSR count). The lowest BCUT2D eigenvalue weighted by atomic mass is 9.82. The maximum atomic E-state index is 11.2. The zero-order valence-electron chi connectivity index (χ0n) is 17.0. The van der Waals surface area contributed by atoms with E-state index in [0.717, 1.165) is 38.1 Å². The largest absolute Gasteiger partial charge is 0.761 e. The summed E-state index contributed by atoms with van der Waals surface area (Å²) < 4.78 is 5.25. The highest BCUT2D eigenvalue weighted by Gasteiger charge is 2.20. The van der Waals surface area contributed by atoms with E-state index < -0.39 is 0 Å². The van der Waals surface area contributed by atoms with Gasteiger partial charge in [-0.25, -0.2) is 4.98 Å². The summed E-state index contributed by atoms with van der Waals surface area (Å²) in [5.74, 6) is 3.12. The second-order valence-electron chi connectivity index (χ2n) is 7.59. The minimum atomic E-state index is 0.360. The SMILES string of the molecule is COc1cccc(CCNc2ncc(N[O-])c(NCC3CCC(CN)CC3)n2)c1. The molecule has 5 N–H and O–H groups in total. The molecule has 1 fully saturated rings. The zero-order chi connectivity index (χ0) is 20.5. The predicted molar refractivity (Wildman–Crippen MR) is 117 cm³/mol. The Morgan fingerprint density at radius 1 is 1.17 bits per heavy atom. The van der Waals surface area contributed by atoms with E-state index >= 15 is 0 Å². The van der Waals surface area contributed by atoms with E-state index in [0.29, 0.717) is 35.8 Å². The van der Waals surface area contributed by atoms with Gasteiger partial charge in [-0.05, 0) is 68.2 Å². The molecule has 1 aromatic carbocycles. The second-order valence-corrected chi connectivity index (χ2v) is 7.59. The van der Waals surface area contributed by atoms with Crippen molar-refractivity contribution in [1.82, 2.24) is 9.97 Å². The van der Waals surface area contributed by atoms with Crippen molar-refractivity contribution in [3.63, 3.8) is 0 Å². The molecule has 1 heterocycles. The second kappa shape index (κ2) is 10.8. The molecule has 2 aromatic rings. The third kappa shape index (κ3) is 6.20. The molecule has 29 heavy (non-hydrogen) atoms. The number of nitrogens with two attached hydrogens (primary N) is 1. The first-order chi connectivity index (χ1) is 14.2. The van der Waals surface area contributed by atoms with Gasteiger partial charge in [0.25, 0.3) is 0 Å². The van der Waals surface area contributed by atoms with Gasteiger partial charge in [-0.1, -0.05) is 12.1 Å². The predicted octanol–water partition coefficient (Wildman–Crippen LogP) is 3.23. The molecule has 0 radical (unpaired) electrons. The average Bonchev–Trinajstić information content (AvgIpc) is 2.78. The van der Waals surface area contributed by atoms with Crippen LogP contribution in [0.2, 0.25) is 0 Å². The maximum absolute atomic E-state index is 11.2. The van der Waals surface area contributed by atoms with Crippen molar-refractivity contribution in [1.29, 1.82) is 0 Å². The molecule has 0 amide bonds. The number of hydrogen-bond donors (Lipinski definition) is 4. The third-order valence-electron chi connectivity index (χ3n) is 5.59. The van der Waals surface area contributed by atoms with Gasteiger partial charge in [0.05, 0.1) is 19.0 Å². The minimum Gasteiger partial charge on any atom is -0.761 e. The van der Waals surface area contributed by atoms with Crippen LogP contribution in [-0.2, 0) is 6.42 Å². The molecule has 8 heteroatoms. The number of aromatic nitrogens is 2. The molecule has 1 aromatic heterocycles. The van der Waals surface area contributed by atoms with Crippen molar-refractivity contribution in [2.75, 3.05) is 42.9 Å². The molecule has 1 saturated carbocycles. The van der Waals surface area contributed by atoms with E-state index in [4.69, 9.17) is 10.5 Å². The van der Waals surface area contributed by atoms with Crippen LogP contribution in [0.4, 0.5) is 17.5 Å². The summed E-state index contributed by atoms with van der Waals surface area (Å²) >= 11 is 0. The van der Waals surface area contributed by atoms with Gasteiger partial charge in [-0.2, -0.15) is 4.98 Å². The third-order valence-corrected chi connectivity index (χ3v) is 5.59. The Balaban J connectivity index is 1.52. The fraction of sp³-hybridized carbons (Fsp3) is 0.524. The molecule has 0 spiro atoms. The van der Waals surface area contributed by atoms with Crippen molar-refractivity contribution in [3.05, 3.63) is 41.2 Å². The van der Waals surface area contributed by atoms with Crippen molar-refractivity contribution in [2.45, 2.75) is 32.1 Å². The first-order valence-electron chi connectivity index (χ1n) is 10.3. The van der Waals surface area contributed by atoms with Crippen LogP contribution in [-0.4, -0.2) is 36.7 Å². The smallest absolute Gasteiger partial charge is 0.224 e. The lowest BCUT2D eigenvalue weighted by Gasteiger charge is -2.28. The van der Waals surface area contributed by atoms with Crippen LogP contribution in [0.25, 0.3) is 0 Å². The Bertz CT molecular complexity index is 765. The summed E-state index contributed by atoms with van der Waals surface area (Å²) in [4.78, 5) is 8.71. The Morgan fingerprint density at radius 3 is 2.69 bits per heavy atom. The molecule has 0 unspecified atom stereocenters. The number of nitrogens with one attached hydrogen (secondary N) is 3. The lowest BCUT2D eigenvalue weighted by molar-refractivity contribution is 0.289. The Kier molecular flexibility index (Phi) is 7.89. The number of methoxy groups -OCH3 is 1. The lowest BCUT2D eigenvalue weighted by Crippen LogP contribution is -2.25. The highest BCUT2D eigenvalue weighted by Crippen LogP contribution is 2.29. The van der Waals surface area contributed by atoms with Gasteiger partial charge in [0.2, 0.25) is 5.95 Å². The molecule has 8 nitrogen and oxygen atoms in total. The first kappa shape index (κ1) is 21.1. The summed E-state index contributed by atoms with van der Waals surface area (Å²) in [7, 11) is 1.66. The van der Waals surface area contributed by atoms with Crippen LogP contribution < -0.4 is 26.6 Å². The van der Waals surface area contributed by atoms with Gasteiger partial charge in [-0.3, -0.25) is 0 Å². The van der Waals surface area contributed by atoms with Crippen LogP contribution >= 0.6 is 0 Å². The highest BCUT2D eigenvalue weighted by atomic mass is 16.5. The summed E-state index contributed by atoms with van der Waals surface area (Å²) in [6.07, 6.45) is 7.00. The van der Waals surface area contributed by atoms with Crippen molar-refractivity contribution >= 4 is 17.5 Å². The van der Waals surface area contributed by atoms with Crippen LogP contribution in [0.1, 0.15) is 31.2 Å². The number of benzene rings is 1. The van der Waals surface area contributed by atoms with E-state index in [1.54, 1.807) is 7.11 Å². The van der Waals surface area contributed by atoms with E-state index in [2.05, 4.69) is 26.7 Å². The van der Waals surface area contributed by atoms with E-state index in [9.17, 15) is 5.21 Å². The minimum absolute atomic E-state index is 0.360. The van der Waals surface area contributed by atoms with Gasteiger partial charge in [-0.15, -0.1) is 0 Å². The summed E-state index contributed by atoms with van der Waals surface area (Å²) in [5, 5.41) is 17.8. The summed E-state index contributed by atoms with van der Waals surface area (Å²) in [5.41, 5.74) is 9.22. The van der Waals surface area contributed by atoms with Crippen molar-refractivity contribution in [2.24, 2.45) is 17.6 Å². The fourth-order valence-electron chi connectivity index (χ4n) is 3.74. The Hall–Kier alpha value is -2.58. The van der Waals surface area contributed by atoms with Crippen molar-refractivity contribution in [3.8, 4) is 5.75 Å². The molecule has 1 aliphatic rings. The molecule has 0 atom stereocenters. The molecule has 0 aliphatic heterocycles. The average molecular weight is 400 g/mol. The molecule has 0 bridgehead atoms. The quantitative estimate of drug-likeness (QED) is 0.450. The normalized spacial score (nSPS) is 18.9. The number of hydrogen-bond acceptors (Lipinski definition) is 8. The van der Waals surface area contributed by atoms with E-state index in [1.165, 1.54) is 24.6 Å². The van der Waals surface area contributed by atoms with Crippen LogP contribution in [0.5, 0.6) is 5.75 Å². The molecular weight excluding hydrogens is 368 g/mol. The number of nitrogens with zero attached hydrogens (tertiary/aromatic N) is 2. The first-order valence-corrected chi connectivity index (χ1v) is 10.3. The van der Waals surface area contributed by atoms with Gasteiger partial charge >= 0.3 is 0 Å². The zero-order valence-corrected chi connectivity index (χ0v) is 17.0. The van der Waals surface area contributed by atoms with Gasteiger partial charge < -0.3 is 31.8 Å². The standard InChI is InChI=1S/C21H31N6O2/c1-29-18-4-2-3-15(11-18)9-10-23-21-25-14-19(27-28)20(26-21)24-13-17-7-5-16(12-22)6-8-17/h2-4,11,14,16-17,27H,5-10,12-13,22H2,1H3,(H2,23,24,25,26)/q-1. The molecular formula is C21H31N6O2-. The van der Waals surface area contributed by atoms with E-state index in [-0.39, 0.29) is 0 Å². The number of rotatable bonds is 10. The van der Waals surface area contributed by atoms with Crippen LogP contribution in [0.15, 0.2) is 30.5 Å². The van der Waals surface area contributed by atoms with Gasteiger partial charge in [0.1, 0.15) is 5.75 Å². The maximum Gasteiger partial charge on any atom is 0.224 e. The Morgan fingerprint density at radius 2 is 1.97 bits per heavy atom. The topological polar surface area (TPSA) is 120 Å². The van der Waals surface area contributed by atoms with E-state index in [1.807, 2.05) is 23.7 Å². The van der Waals surface area contributed by atoms with Crippen LogP contribution in [0, 0.1) is 17.0 Å². The Labute approximate surface area is 172 Å². The molecule has 0 saturated heterocycles. The summed E-state index contributed by atoms with van der Waals surface area (Å²) in [6, 6.07) is 7.97. The van der Waals surface area contributed by atoms with Gasteiger partial charge in [0, 0.05) is 13.1 Å². The monoisotopic (exact) mass is 399 g/mol. The molecule has 1 aliphatic carbocycles. The highest BCUT2D eigenvalue weighted by molar-refractivity contribution is 5.65. The summed E-state index contributed by atoms with van der Waals surface area (Å²) in [6.45, 7) is 2.26. The number of ether oxygens (including phenoxy) is 1. The van der Waals surface area contributed by atoms with Crippen LogP contribution in [0.3, 0.4) is 0 Å². The van der Waals surface area contributed by atoms with Gasteiger partial charge in [0.15, 0.2) is 5.82 Å². The van der Waals surface area contributed by atoms with Crippen molar-refractivity contribution < 1.29 is 4.74 Å². The fourth-order valence-corrected chi connectivity index (χ4v) is 3.74. The molecule has 158 valence electrons. The number of anilines is 3.